The first kappa shape index (κ1) is 14.9. The minimum absolute atomic E-state index is 0.0763. The lowest BCUT2D eigenvalue weighted by atomic mass is 10.0. The molecular weight excluding hydrogens is 310 g/mol. The number of nitrogens with zero attached hydrogens (tertiary/aromatic N) is 3. The summed E-state index contributed by atoms with van der Waals surface area (Å²) in [4.78, 5) is 16.2. The van der Waals surface area contributed by atoms with Gasteiger partial charge in [0, 0.05) is 36.7 Å². The third-order valence-electron chi connectivity index (χ3n) is 4.82. The van der Waals surface area contributed by atoms with E-state index in [4.69, 9.17) is 4.74 Å². The minimum atomic E-state index is -0.0763. The Morgan fingerprint density at radius 2 is 2.43 bits per heavy atom. The van der Waals surface area contributed by atoms with Crippen LogP contribution in [-0.2, 0) is 23.0 Å². The molecule has 0 N–H and O–H groups in total. The van der Waals surface area contributed by atoms with E-state index in [2.05, 4.69) is 16.5 Å². The molecule has 4 rings (SSSR count). The number of rotatable bonds is 3. The van der Waals surface area contributed by atoms with Gasteiger partial charge < -0.3 is 9.64 Å². The quantitative estimate of drug-likeness (QED) is 0.869. The van der Waals surface area contributed by atoms with Gasteiger partial charge in [-0.15, -0.1) is 11.3 Å². The molecule has 0 aliphatic carbocycles. The van der Waals surface area contributed by atoms with Crippen LogP contribution >= 0.6 is 11.3 Å². The number of ether oxygens (including phenoxy) is 1. The molecule has 1 fully saturated rings. The number of carbonyl (C=O) groups excluding carboxylic acids is 1. The predicted molar refractivity (Wildman–Crippen MR) is 88.2 cm³/mol. The number of carbonyl (C=O) groups is 1. The van der Waals surface area contributed by atoms with Crippen molar-refractivity contribution in [1.29, 1.82) is 0 Å². The van der Waals surface area contributed by atoms with Crippen molar-refractivity contribution in [3.63, 3.8) is 0 Å². The summed E-state index contributed by atoms with van der Waals surface area (Å²) in [5.41, 5.74) is 2.35. The Kier molecular flexibility index (Phi) is 3.95. The summed E-state index contributed by atoms with van der Waals surface area (Å²) >= 11 is 1.77. The zero-order valence-electron chi connectivity index (χ0n) is 13.3. The lowest BCUT2D eigenvalue weighted by Gasteiger charge is -2.28. The topological polar surface area (TPSA) is 47.4 Å². The molecule has 0 radical (unpaired) electrons. The summed E-state index contributed by atoms with van der Waals surface area (Å²) in [7, 11) is 1.92. The Balaban J connectivity index is 1.49. The Morgan fingerprint density at radius 1 is 1.52 bits per heavy atom. The molecule has 2 aromatic heterocycles. The molecule has 0 unspecified atom stereocenters. The second kappa shape index (κ2) is 6.09. The van der Waals surface area contributed by atoms with E-state index in [-0.39, 0.29) is 18.1 Å². The highest BCUT2D eigenvalue weighted by Gasteiger charge is 2.33. The van der Waals surface area contributed by atoms with Crippen LogP contribution in [-0.4, -0.2) is 33.7 Å². The Bertz CT molecular complexity index is 708. The van der Waals surface area contributed by atoms with Crippen LogP contribution in [0.15, 0.2) is 23.8 Å². The molecule has 1 saturated heterocycles. The van der Waals surface area contributed by atoms with Crippen molar-refractivity contribution in [2.24, 2.45) is 7.05 Å². The Hall–Kier alpha value is -1.66. The van der Waals surface area contributed by atoms with Crippen LogP contribution < -0.4 is 0 Å². The van der Waals surface area contributed by atoms with Crippen molar-refractivity contribution in [3.05, 3.63) is 39.8 Å². The Morgan fingerprint density at radius 3 is 3.26 bits per heavy atom. The van der Waals surface area contributed by atoms with Crippen molar-refractivity contribution in [3.8, 4) is 0 Å². The molecule has 5 nitrogen and oxygen atoms in total. The van der Waals surface area contributed by atoms with E-state index in [1.165, 1.54) is 10.4 Å². The molecule has 0 spiro atoms. The Labute approximate surface area is 139 Å². The van der Waals surface area contributed by atoms with E-state index in [0.29, 0.717) is 6.42 Å². The summed E-state index contributed by atoms with van der Waals surface area (Å²) < 4.78 is 7.68. The zero-order valence-corrected chi connectivity index (χ0v) is 14.1. The fourth-order valence-electron chi connectivity index (χ4n) is 3.69. The zero-order chi connectivity index (χ0) is 15.8. The number of hydrogen-bond donors (Lipinski definition) is 0. The van der Waals surface area contributed by atoms with E-state index >= 15 is 0 Å². The molecule has 2 atom stereocenters. The van der Waals surface area contributed by atoms with Gasteiger partial charge in [0.25, 0.3) is 0 Å². The number of hydrogen-bond acceptors (Lipinski definition) is 4. The molecule has 2 aromatic rings. The number of aryl methyl sites for hydroxylation is 1. The first-order chi connectivity index (χ1) is 11.2. The van der Waals surface area contributed by atoms with E-state index in [0.717, 1.165) is 38.0 Å². The van der Waals surface area contributed by atoms with Gasteiger partial charge in [0.05, 0.1) is 31.4 Å². The standard InChI is InChI=1S/C17H21N3O2S/c1-19-11-12(10-18-19)14-3-2-6-20(14)17(21)9-15-13-5-8-23-16(13)4-7-22-15/h5,8,10-11,14-15H,2-4,6-7,9H2,1H3/t14-,15-/m1/s1. The van der Waals surface area contributed by atoms with Crippen LogP contribution in [0.3, 0.4) is 0 Å². The van der Waals surface area contributed by atoms with Gasteiger partial charge in [0.15, 0.2) is 0 Å². The molecule has 4 heterocycles. The van der Waals surface area contributed by atoms with Crippen LogP contribution in [0.4, 0.5) is 0 Å². The van der Waals surface area contributed by atoms with Crippen molar-refractivity contribution < 1.29 is 9.53 Å². The highest BCUT2D eigenvalue weighted by atomic mass is 32.1. The van der Waals surface area contributed by atoms with Crippen molar-refractivity contribution in [1.82, 2.24) is 14.7 Å². The number of thiophene rings is 1. The van der Waals surface area contributed by atoms with Gasteiger partial charge in [0.1, 0.15) is 0 Å². The molecule has 2 aliphatic rings. The number of fused-ring (bicyclic) bond motifs is 1. The fourth-order valence-corrected chi connectivity index (χ4v) is 4.61. The van der Waals surface area contributed by atoms with Crippen molar-refractivity contribution >= 4 is 17.2 Å². The normalized spacial score (nSPS) is 24.0. The molecule has 6 heteroatoms. The molecule has 23 heavy (non-hydrogen) atoms. The van der Waals surface area contributed by atoms with Crippen LogP contribution in [0.25, 0.3) is 0 Å². The largest absolute Gasteiger partial charge is 0.373 e. The van der Waals surface area contributed by atoms with Gasteiger partial charge in [0.2, 0.25) is 5.91 Å². The molecule has 122 valence electrons. The average molecular weight is 331 g/mol. The molecule has 0 bridgehead atoms. The molecule has 0 aromatic carbocycles. The van der Waals surface area contributed by atoms with Gasteiger partial charge in [-0.25, -0.2) is 0 Å². The third kappa shape index (κ3) is 2.81. The minimum Gasteiger partial charge on any atom is -0.373 e. The third-order valence-corrected chi connectivity index (χ3v) is 5.81. The predicted octanol–water partition coefficient (Wildman–Crippen LogP) is 2.85. The first-order valence-corrected chi connectivity index (χ1v) is 9.06. The lowest BCUT2D eigenvalue weighted by Crippen LogP contribution is -2.32. The number of aromatic nitrogens is 2. The van der Waals surface area contributed by atoms with Crippen LogP contribution in [0.5, 0.6) is 0 Å². The number of amides is 1. The van der Waals surface area contributed by atoms with Crippen LogP contribution in [0.1, 0.15) is 47.4 Å². The first-order valence-electron chi connectivity index (χ1n) is 8.18. The summed E-state index contributed by atoms with van der Waals surface area (Å²) in [6.45, 7) is 1.55. The summed E-state index contributed by atoms with van der Waals surface area (Å²) in [5.74, 6) is 0.195. The maximum Gasteiger partial charge on any atom is 0.226 e. The molecule has 1 amide bonds. The van der Waals surface area contributed by atoms with Gasteiger partial charge in [-0.05, 0) is 29.9 Å². The van der Waals surface area contributed by atoms with Crippen molar-refractivity contribution in [2.45, 2.75) is 37.8 Å². The van der Waals surface area contributed by atoms with Gasteiger partial charge >= 0.3 is 0 Å². The van der Waals surface area contributed by atoms with E-state index < -0.39 is 0 Å². The van der Waals surface area contributed by atoms with Gasteiger partial charge in [-0.2, -0.15) is 5.10 Å². The second-order valence-electron chi connectivity index (χ2n) is 6.31. The fraction of sp³-hybridized carbons (Fsp3) is 0.529. The molecule has 0 saturated carbocycles. The highest BCUT2D eigenvalue weighted by molar-refractivity contribution is 7.10. The summed E-state index contributed by atoms with van der Waals surface area (Å²) in [6, 6.07) is 2.28. The smallest absolute Gasteiger partial charge is 0.226 e. The maximum absolute atomic E-state index is 12.9. The van der Waals surface area contributed by atoms with E-state index in [1.807, 2.05) is 24.3 Å². The highest BCUT2D eigenvalue weighted by Crippen LogP contribution is 2.36. The lowest BCUT2D eigenvalue weighted by molar-refractivity contribution is -0.135. The molecule has 2 aliphatic heterocycles. The maximum atomic E-state index is 12.9. The second-order valence-corrected chi connectivity index (χ2v) is 7.31. The van der Waals surface area contributed by atoms with Gasteiger partial charge in [-0.1, -0.05) is 0 Å². The monoisotopic (exact) mass is 331 g/mol. The van der Waals surface area contributed by atoms with Crippen LogP contribution in [0.2, 0.25) is 0 Å². The average Bonchev–Trinajstić information content (AvgIpc) is 3.26. The SMILES string of the molecule is Cn1cc([C@H]2CCCN2C(=O)C[C@H]2OCCc3sccc32)cn1. The summed E-state index contributed by atoms with van der Waals surface area (Å²) in [5, 5.41) is 6.35. The number of likely N-dealkylation sites (tertiary alicyclic amines) is 1. The van der Waals surface area contributed by atoms with Gasteiger partial charge in [-0.3, -0.25) is 9.48 Å². The molecular formula is C17H21N3O2S. The summed E-state index contributed by atoms with van der Waals surface area (Å²) in [6.07, 6.45) is 7.31. The van der Waals surface area contributed by atoms with E-state index in [1.54, 1.807) is 16.0 Å². The van der Waals surface area contributed by atoms with Crippen molar-refractivity contribution in [2.75, 3.05) is 13.2 Å². The van der Waals surface area contributed by atoms with E-state index in [9.17, 15) is 4.79 Å². The van der Waals surface area contributed by atoms with Crippen LogP contribution in [0, 0.1) is 0 Å².